The number of anilines is 1. The lowest BCUT2D eigenvalue weighted by atomic mass is 9.94. The van der Waals surface area contributed by atoms with E-state index in [-0.39, 0.29) is 0 Å². The maximum Gasteiger partial charge on any atom is 0.148 e. The van der Waals surface area contributed by atoms with Gasteiger partial charge in [0.15, 0.2) is 0 Å². The molecule has 0 fully saturated rings. The summed E-state index contributed by atoms with van der Waals surface area (Å²) in [5.74, 6) is 1.89. The van der Waals surface area contributed by atoms with E-state index >= 15 is 0 Å². The van der Waals surface area contributed by atoms with Crippen molar-refractivity contribution in [2.45, 2.75) is 85.6 Å². The minimum absolute atomic E-state index is 0.437. The topological polar surface area (TPSA) is 47.0 Å². The van der Waals surface area contributed by atoms with Gasteiger partial charge in [0.1, 0.15) is 11.6 Å². The highest BCUT2D eigenvalue weighted by atomic mass is 16.5. The van der Waals surface area contributed by atoms with E-state index in [2.05, 4.69) is 46.0 Å². The fraction of sp³-hybridized carbons (Fsp3) is 0.583. The summed E-state index contributed by atoms with van der Waals surface area (Å²) in [7, 11) is 1.77. The number of hydrogen-bond acceptors (Lipinski definition) is 4. The zero-order valence-electron chi connectivity index (χ0n) is 18.4. The number of hydrogen-bond donors (Lipinski definition) is 1. The SMILES string of the molecule is CCc1nc(-c2c(OC)cc3c(c2C)CCC3)c(CC)nc1NC(CC)CC. The average molecular weight is 382 g/mol. The van der Waals surface area contributed by atoms with E-state index in [1.807, 2.05) is 0 Å². The number of aromatic nitrogens is 2. The van der Waals surface area contributed by atoms with E-state index in [1.54, 1.807) is 7.11 Å². The molecule has 0 aliphatic heterocycles. The van der Waals surface area contributed by atoms with E-state index in [4.69, 9.17) is 14.7 Å². The number of fused-ring (bicyclic) bond motifs is 1. The predicted molar refractivity (Wildman–Crippen MR) is 118 cm³/mol. The zero-order valence-corrected chi connectivity index (χ0v) is 18.4. The highest BCUT2D eigenvalue weighted by molar-refractivity contribution is 5.76. The van der Waals surface area contributed by atoms with Crippen LogP contribution in [0.3, 0.4) is 0 Å². The van der Waals surface area contributed by atoms with Crippen LogP contribution in [0.15, 0.2) is 6.07 Å². The second-order valence-electron chi connectivity index (χ2n) is 7.75. The molecule has 0 radical (unpaired) electrons. The number of nitrogens with zero attached hydrogens (tertiary/aromatic N) is 2. The van der Waals surface area contributed by atoms with Crippen LogP contribution in [0.25, 0.3) is 11.3 Å². The van der Waals surface area contributed by atoms with Gasteiger partial charge >= 0.3 is 0 Å². The molecule has 0 bridgehead atoms. The molecule has 1 N–H and O–H groups in total. The zero-order chi connectivity index (χ0) is 20.3. The molecule has 1 aromatic heterocycles. The standard InChI is InChI=1S/C24H35N3O/c1-7-17(8-2)25-24-20(10-4)26-23(19(9-3)27-24)22-15(5)18-13-11-12-16(18)14-21(22)28-6/h14,17H,7-13H2,1-6H3,(H,25,27). The van der Waals surface area contributed by atoms with Crippen LogP contribution in [0.2, 0.25) is 0 Å². The van der Waals surface area contributed by atoms with Crippen molar-refractivity contribution >= 4 is 5.82 Å². The van der Waals surface area contributed by atoms with Gasteiger partial charge in [-0.2, -0.15) is 0 Å². The molecule has 0 unspecified atom stereocenters. The molecule has 28 heavy (non-hydrogen) atoms. The fourth-order valence-electron chi connectivity index (χ4n) is 4.38. The van der Waals surface area contributed by atoms with Crippen LogP contribution in [-0.4, -0.2) is 23.1 Å². The minimum Gasteiger partial charge on any atom is -0.496 e. The molecule has 2 aromatic rings. The first-order chi connectivity index (χ1) is 13.6. The lowest BCUT2D eigenvalue weighted by Crippen LogP contribution is -2.20. The summed E-state index contributed by atoms with van der Waals surface area (Å²) in [6.07, 6.45) is 7.42. The molecule has 4 nitrogen and oxygen atoms in total. The Bertz CT molecular complexity index is 840. The van der Waals surface area contributed by atoms with Crippen molar-refractivity contribution in [2.24, 2.45) is 0 Å². The van der Waals surface area contributed by atoms with Crippen LogP contribution in [0, 0.1) is 6.92 Å². The summed E-state index contributed by atoms with van der Waals surface area (Å²) in [6.45, 7) is 11.0. The summed E-state index contributed by atoms with van der Waals surface area (Å²) < 4.78 is 5.83. The molecule has 4 heteroatoms. The molecular formula is C24H35N3O. The van der Waals surface area contributed by atoms with E-state index in [0.717, 1.165) is 72.7 Å². The molecule has 1 aromatic carbocycles. The number of aryl methyl sites for hydroxylation is 3. The number of nitrogens with one attached hydrogen (secondary N) is 1. The van der Waals surface area contributed by atoms with Crippen LogP contribution in [0.4, 0.5) is 5.82 Å². The Labute approximate surface area is 170 Å². The number of benzene rings is 1. The Kier molecular flexibility index (Phi) is 6.58. The second-order valence-corrected chi connectivity index (χ2v) is 7.75. The van der Waals surface area contributed by atoms with Crippen LogP contribution in [0.5, 0.6) is 5.75 Å². The Hall–Kier alpha value is -2.10. The third kappa shape index (κ3) is 3.74. The van der Waals surface area contributed by atoms with Gasteiger partial charge in [0.25, 0.3) is 0 Å². The molecule has 1 aliphatic carbocycles. The first kappa shape index (κ1) is 20.6. The quantitative estimate of drug-likeness (QED) is 0.639. The first-order valence-corrected chi connectivity index (χ1v) is 10.9. The van der Waals surface area contributed by atoms with Crippen LogP contribution >= 0.6 is 0 Å². The van der Waals surface area contributed by atoms with Gasteiger partial charge in [-0.05, 0) is 74.6 Å². The van der Waals surface area contributed by atoms with Gasteiger partial charge in [-0.1, -0.05) is 27.7 Å². The third-order valence-electron chi connectivity index (χ3n) is 6.13. The molecule has 152 valence electrons. The van der Waals surface area contributed by atoms with Gasteiger partial charge in [0.05, 0.1) is 24.2 Å². The molecular weight excluding hydrogens is 346 g/mol. The lowest BCUT2D eigenvalue weighted by Gasteiger charge is -2.21. The van der Waals surface area contributed by atoms with Gasteiger partial charge in [-0.15, -0.1) is 0 Å². The second kappa shape index (κ2) is 8.93. The van der Waals surface area contributed by atoms with E-state index in [9.17, 15) is 0 Å². The summed E-state index contributed by atoms with van der Waals surface area (Å²) in [5.41, 5.74) is 8.46. The lowest BCUT2D eigenvalue weighted by molar-refractivity contribution is 0.415. The monoisotopic (exact) mass is 381 g/mol. The maximum atomic E-state index is 5.83. The maximum absolute atomic E-state index is 5.83. The van der Waals surface area contributed by atoms with Crippen molar-refractivity contribution in [3.63, 3.8) is 0 Å². The Morgan fingerprint density at radius 1 is 1.04 bits per heavy atom. The molecule has 0 amide bonds. The Balaban J connectivity index is 2.17. The van der Waals surface area contributed by atoms with Crippen molar-refractivity contribution in [1.82, 2.24) is 9.97 Å². The molecule has 0 saturated heterocycles. The molecule has 0 atom stereocenters. The van der Waals surface area contributed by atoms with E-state index < -0.39 is 0 Å². The fourth-order valence-corrected chi connectivity index (χ4v) is 4.38. The van der Waals surface area contributed by atoms with E-state index in [0.29, 0.717) is 6.04 Å². The molecule has 3 rings (SSSR count). The highest BCUT2D eigenvalue weighted by Crippen LogP contribution is 2.41. The molecule has 1 heterocycles. The van der Waals surface area contributed by atoms with Gasteiger partial charge in [0, 0.05) is 11.6 Å². The average Bonchev–Trinajstić information content (AvgIpc) is 3.20. The number of rotatable bonds is 8. The molecule has 0 saturated carbocycles. The normalized spacial score (nSPS) is 13.1. The Morgan fingerprint density at radius 2 is 1.75 bits per heavy atom. The van der Waals surface area contributed by atoms with E-state index in [1.165, 1.54) is 23.1 Å². The third-order valence-corrected chi connectivity index (χ3v) is 6.13. The van der Waals surface area contributed by atoms with Crippen molar-refractivity contribution in [2.75, 3.05) is 12.4 Å². The van der Waals surface area contributed by atoms with Crippen molar-refractivity contribution < 1.29 is 4.74 Å². The smallest absolute Gasteiger partial charge is 0.148 e. The summed E-state index contributed by atoms with van der Waals surface area (Å²) in [5, 5.41) is 3.63. The van der Waals surface area contributed by atoms with Crippen molar-refractivity contribution in [3.05, 3.63) is 34.1 Å². The van der Waals surface area contributed by atoms with Crippen LogP contribution < -0.4 is 10.1 Å². The number of ether oxygens (including phenoxy) is 1. The van der Waals surface area contributed by atoms with Crippen molar-refractivity contribution in [1.29, 1.82) is 0 Å². The van der Waals surface area contributed by atoms with Crippen molar-refractivity contribution in [3.8, 4) is 17.0 Å². The predicted octanol–water partition coefficient (Wildman–Crippen LogP) is 5.67. The van der Waals surface area contributed by atoms with Crippen LogP contribution in [-0.2, 0) is 25.7 Å². The molecule has 0 spiro atoms. The van der Waals surface area contributed by atoms with Gasteiger partial charge < -0.3 is 10.1 Å². The minimum atomic E-state index is 0.437. The van der Waals surface area contributed by atoms with Gasteiger partial charge in [0.2, 0.25) is 0 Å². The summed E-state index contributed by atoms with van der Waals surface area (Å²) in [4.78, 5) is 10.2. The first-order valence-electron chi connectivity index (χ1n) is 10.9. The number of methoxy groups -OCH3 is 1. The largest absolute Gasteiger partial charge is 0.496 e. The van der Waals surface area contributed by atoms with Gasteiger partial charge in [-0.25, -0.2) is 9.97 Å². The summed E-state index contributed by atoms with van der Waals surface area (Å²) in [6, 6.07) is 2.67. The highest BCUT2D eigenvalue weighted by Gasteiger charge is 2.24. The summed E-state index contributed by atoms with van der Waals surface area (Å²) >= 11 is 0. The Morgan fingerprint density at radius 3 is 2.36 bits per heavy atom. The molecule has 1 aliphatic rings. The van der Waals surface area contributed by atoms with Crippen LogP contribution in [0.1, 0.15) is 75.0 Å². The van der Waals surface area contributed by atoms with Gasteiger partial charge in [-0.3, -0.25) is 0 Å².